The Morgan fingerprint density at radius 1 is 1.24 bits per heavy atom. The summed E-state index contributed by atoms with van der Waals surface area (Å²) in [7, 11) is 0. The number of carbonyl (C=O) groups is 1. The molecule has 0 fully saturated rings. The molecule has 0 aliphatic rings. The highest BCUT2D eigenvalue weighted by atomic mass is 16.6. The van der Waals surface area contributed by atoms with Crippen LogP contribution in [0.4, 0.5) is 5.82 Å². The summed E-state index contributed by atoms with van der Waals surface area (Å²) < 4.78 is 4.48. The first-order valence-corrected chi connectivity index (χ1v) is 7.11. The fraction of sp³-hybridized carbons (Fsp3) is 0.400. The van der Waals surface area contributed by atoms with Gasteiger partial charge in [0, 0.05) is 0 Å². The van der Waals surface area contributed by atoms with Crippen molar-refractivity contribution in [1.29, 1.82) is 0 Å². The van der Waals surface area contributed by atoms with E-state index in [9.17, 15) is 4.79 Å². The summed E-state index contributed by atoms with van der Waals surface area (Å²) in [6, 6.07) is 9.80. The monoisotopic (exact) mass is 288 g/mol. The Hall–Kier alpha value is -2.37. The third-order valence-corrected chi connectivity index (χ3v) is 3.69. The molecule has 0 aliphatic carbocycles. The fourth-order valence-corrected chi connectivity index (χ4v) is 2.46. The molecule has 1 atom stereocenters. The molecule has 1 aromatic carbocycles. The van der Waals surface area contributed by atoms with Crippen LogP contribution in [-0.2, 0) is 0 Å². The van der Waals surface area contributed by atoms with Crippen molar-refractivity contribution in [2.75, 3.05) is 5.73 Å². The van der Waals surface area contributed by atoms with Crippen molar-refractivity contribution in [3.63, 3.8) is 0 Å². The summed E-state index contributed by atoms with van der Waals surface area (Å²) in [5.41, 5.74) is 6.66. The van der Waals surface area contributed by atoms with Gasteiger partial charge in [0.05, 0.1) is 6.04 Å². The van der Waals surface area contributed by atoms with Gasteiger partial charge < -0.3 is 11.1 Å². The van der Waals surface area contributed by atoms with Gasteiger partial charge in [-0.1, -0.05) is 57.0 Å². The van der Waals surface area contributed by atoms with Gasteiger partial charge in [-0.15, -0.1) is 0 Å². The van der Waals surface area contributed by atoms with Gasteiger partial charge in [0.15, 0.2) is 0 Å². The van der Waals surface area contributed by atoms with E-state index in [4.69, 9.17) is 5.73 Å². The van der Waals surface area contributed by atoms with Gasteiger partial charge in [0.25, 0.3) is 5.91 Å². The van der Waals surface area contributed by atoms with Crippen molar-refractivity contribution in [2.24, 2.45) is 5.92 Å². The molecule has 6 heteroatoms. The number of anilines is 1. The van der Waals surface area contributed by atoms with Crippen LogP contribution < -0.4 is 11.1 Å². The molecule has 21 heavy (non-hydrogen) atoms. The van der Waals surface area contributed by atoms with E-state index in [-0.39, 0.29) is 23.5 Å². The molecule has 112 valence electrons. The average Bonchev–Trinajstić information content (AvgIpc) is 2.94. The van der Waals surface area contributed by atoms with E-state index in [2.05, 4.69) is 34.1 Å². The van der Waals surface area contributed by atoms with Crippen LogP contribution in [0.1, 0.15) is 48.8 Å². The maximum Gasteiger partial charge on any atom is 0.277 e. The minimum absolute atomic E-state index is 0.00357. The highest BCUT2D eigenvalue weighted by Gasteiger charge is 2.25. The highest BCUT2D eigenvalue weighted by Crippen LogP contribution is 2.27. The van der Waals surface area contributed by atoms with Crippen LogP contribution in [-0.4, -0.2) is 16.2 Å². The molecule has 1 aromatic heterocycles. The summed E-state index contributed by atoms with van der Waals surface area (Å²) in [4.78, 5) is 12.3. The molecule has 1 amide bonds. The Morgan fingerprint density at radius 2 is 1.90 bits per heavy atom. The molecule has 3 N–H and O–H groups in total. The van der Waals surface area contributed by atoms with E-state index in [1.165, 1.54) is 0 Å². The normalized spacial score (nSPS) is 12.3. The first-order chi connectivity index (χ1) is 10.2. The number of nitrogens with two attached hydrogens (primary N) is 1. The Morgan fingerprint density at radius 3 is 2.43 bits per heavy atom. The van der Waals surface area contributed by atoms with Crippen LogP contribution in [0.3, 0.4) is 0 Å². The average molecular weight is 288 g/mol. The summed E-state index contributed by atoms with van der Waals surface area (Å²) in [6.45, 7) is 4.23. The van der Waals surface area contributed by atoms with Crippen molar-refractivity contribution < 1.29 is 9.42 Å². The van der Waals surface area contributed by atoms with Gasteiger partial charge in [0.2, 0.25) is 11.5 Å². The van der Waals surface area contributed by atoms with Crippen LogP contribution >= 0.6 is 0 Å². The molecule has 0 aliphatic heterocycles. The first kappa shape index (κ1) is 15.0. The zero-order valence-electron chi connectivity index (χ0n) is 12.2. The second-order valence-corrected chi connectivity index (χ2v) is 4.94. The maximum atomic E-state index is 12.3. The van der Waals surface area contributed by atoms with Crippen molar-refractivity contribution in [3.8, 4) is 0 Å². The van der Waals surface area contributed by atoms with Crippen LogP contribution in [0.2, 0.25) is 0 Å². The van der Waals surface area contributed by atoms with Gasteiger partial charge >= 0.3 is 0 Å². The van der Waals surface area contributed by atoms with Crippen molar-refractivity contribution in [1.82, 2.24) is 15.6 Å². The molecule has 0 radical (unpaired) electrons. The number of hydrogen-bond donors (Lipinski definition) is 2. The number of rotatable bonds is 6. The van der Waals surface area contributed by atoms with E-state index in [0.29, 0.717) is 5.92 Å². The zero-order valence-corrected chi connectivity index (χ0v) is 12.2. The quantitative estimate of drug-likeness (QED) is 0.852. The second-order valence-electron chi connectivity index (χ2n) is 4.94. The largest absolute Gasteiger partial charge is 0.379 e. The Bertz CT molecular complexity index is 578. The molecular weight excluding hydrogens is 268 g/mol. The van der Waals surface area contributed by atoms with Crippen molar-refractivity contribution >= 4 is 11.7 Å². The standard InChI is InChI=1S/C15H20N4O2/c1-3-10(4-2)12(11-8-6-5-7-9-11)17-15(20)13-14(16)19-21-18-13/h5-10,12H,3-4H2,1-2H3,(H2,16,19)(H,17,20). The number of nitrogen functional groups attached to an aromatic ring is 1. The maximum absolute atomic E-state index is 12.3. The second kappa shape index (κ2) is 6.88. The smallest absolute Gasteiger partial charge is 0.277 e. The SMILES string of the molecule is CCC(CC)C(NC(=O)c1nonc1N)c1ccccc1. The summed E-state index contributed by atoms with van der Waals surface area (Å²) in [5, 5.41) is 9.98. The first-order valence-electron chi connectivity index (χ1n) is 7.11. The van der Waals surface area contributed by atoms with Crippen LogP contribution in [0.5, 0.6) is 0 Å². The predicted octanol–water partition coefficient (Wildman–Crippen LogP) is 2.56. The number of hydrogen-bond acceptors (Lipinski definition) is 5. The molecule has 2 aromatic rings. The van der Waals surface area contributed by atoms with E-state index < -0.39 is 0 Å². The molecule has 0 saturated carbocycles. The predicted molar refractivity (Wildman–Crippen MR) is 79.4 cm³/mol. The lowest BCUT2D eigenvalue weighted by Gasteiger charge is -2.26. The molecule has 0 bridgehead atoms. The van der Waals surface area contributed by atoms with Gasteiger partial charge in [-0.05, 0) is 21.8 Å². The molecule has 0 saturated heterocycles. The fourth-order valence-electron chi connectivity index (χ4n) is 2.46. The van der Waals surface area contributed by atoms with E-state index >= 15 is 0 Å². The number of nitrogens with zero attached hydrogens (tertiary/aromatic N) is 2. The summed E-state index contributed by atoms with van der Waals surface area (Å²) >= 11 is 0. The Labute approximate surface area is 123 Å². The number of benzene rings is 1. The molecular formula is C15H20N4O2. The van der Waals surface area contributed by atoms with Crippen molar-refractivity contribution in [2.45, 2.75) is 32.7 Å². The lowest BCUT2D eigenvalue weighted by Crippen LogP contribution is -2.33. The molecule has 0 spiro atoms. The summed E-state index contributed by atoms with van der Waals surface area (Å²) in [6.07, 6.45) is 1.92. The lowest BCUT2D eigenvalue weighted by atomic mass is 9.88. The minimum Gasteiger partial charge on any atom is -0.379 e. The van der Waals surface area contributed by atoms with Crippen LogP contribution in [0.15, 0.2) is 35.0 Å². The molecule has 2 rings (SSSR count). The van der Waals surface area contributed by atoms with Gasteiger partial charge in [-0.25, -0.2) is 4.63 Å². The zero-order chi connectivity index (χ0) is 15.2. The number of nitrogens with one attached hydrogen (secondary N) is 1. The molecule has 1 unspecified atom stereocenters. The van der Waals surface area contributed by atoms with Crippen molar-refractivity contribution in [3.05, 3.63) is 41.6 Å². The molecule has 6 nitrogen and oxygen atoms in total. The van der Waals surface area contributed by atoms with Gasteiger partial charge in [-0.2, -0.15) is 0 Å². The van der Waals surface area contributed by atoms with Crippen LogP contribution in [0.25, 0.3) is 0 Å². The van der Waals surface area contributed by atoms with E-state index in [0.717, 1.165) is 18.4 Å². The molecule has 1 heterocycles. The lowest BCUT2D eigenvalue weighted by molar-refractivity contribution is 0.0910. The number of carbonyl (C=O) groups excluding carboxylic acids is 1. The number of amides is 1. The minimum atomic E-state index is -0.366. The topological polar surface area (TPSA) is 94.0 Å². The summed E-state index contributed by atoms with van der Waals surface area (Å²) in [5.74, 6) is -0.0317. The van der Waals surface area contributed by atoms with E-state index in [1.54, 1.807) is 0 Å². The van der Waals surface area contributed by atoms with Gasteiger partial charge in [-0.3, -0.25) is 4.79 Å². The number of aromatic nitrogens is 2. The highest BCUT2D eigenvalue weighted by molar-refractivity contribution is 5.96. The Balaban J connectivity index is 2.24. The Kier molecular flexibility index (Phi) is 4.92. The van der Waals surface area contributed by atoms with E-state index in [1.807, 2.05) is 30.3 Å². The van der Waals surface area contributed by atoms with Gasteiger partial charge in [0.1, 0.15) is 0 Å². The third-order valence-electron chi connectivity index (χ3n) is 3.69. The van der Waals surface area contributed by atoms with Crippen LogP contribution in [0, 0.1) is 5.92 Å². The third kappa shape index (κ3) is 3.39.